The van der Waals surface area contributed by atoms with Crippen LogP contribution in [0.5, 0.6) is 0 Å². The minimum atomic E-state index is -4.69. The lowest BCUT2D eigenvalue weighted by Gasteiger charge is -2.13. The number of nitrogens with two attached hydrogens (primary N) is 1. The highest BCUT2D eigenvalue weighted by Crippen LogP contribution is 2.32. The second-order valence-corrected chi connectivity index (χ2v) is 7.05. The molecule has 0 unspecified atom stereocenters. The largest absolute Gasteiger partial charge is 0.453 e. The van der Waals surface area contributed by atoms with E-state index in [1.54, 1.807) is 0 Å². The Bertz CT molecular complexity index is 917. The van der Waals surface area contributed by atoms with Crippen molar-refractivity contribution in [1.82, 2.24) is 19.7 Å². The molecule has 1 aliphatic rings. The third-order valence-corrected chi connectivity index (χ3v) is 4.52. The number of sulfonamides is 1. The molecule has 0 aliphatic heterocycles. The Labute approximate surface area is 141 Å². The van der Waals surface area contributed by atoms with Gasteiger partial charge in [-0.15, -0.1) is 5.10 Å². The van der Waals surface area contributed by atoms with Gasteiger partial charge in [0.2, 0.25) is 0 Å². The molecular weight excluding hydrogens is 359 g/mol. The van der Waals surface area contributed by atoms with Gasteiger partial charge in [0.05, 0.1) is 11.9 Å². The lowest BCUT2D eigenvalue weighted by molar-refractivity contribution is -0.144. The first-order valence-corrected chi connectivity index (χ1v) is 8.94. The van der Waals surface area contributed by atoms with Crippen molar-refractivity contribution in [3.05, 3.63) is 36.1 Å². The molecule has 11 heteroatoms. The zero-order valence-electron chi connectivity index (χ0n) is 12.9. The van der Waals surface area contributed by atoms with Crippen LogP contribution in [-0.4, -0.2) is 28.2 Å². The molecule has 0 atom stereocenters. The molecule has 0 amide bonds. The molecule has 2 N–H and O–H groups in total. The number of hydrogen-bond donors (Lipinski definition) is 1. The monoisotopic (exact) mass is 373 g/mol. The summed E-state index contributed by atoms with van der Waals surface area (Å²) in [6, 6.07) is 2.40. The predicted molar refractivity (Wildman–Crippen MR) is 82.0 cm³/mol. The fourth-order valence-electron chi connectivity index (χ4n) is 2.53. The Morgan fingerprint density at radius 3 is 2.48 bits per heavy atom. The summed E-state index contributed by atoms with van der Waals surface area (Å²) in [5, 5.41) is 8.12. The quantitative estimate of drug-likeness (QED) is 0.889. The van der Waals surface area contributed by atoms with Crippen molar-refractivity contribution in [2.75, 3.05) is 0 Å². The molecule has 0 aromatic carbocycles. The van der Waals surface area contributed by atoms with E-state index in [0.717, 1.165) is 36.2 Å². The van der Waals surface area contributed by atoms with Crippen LogP contribution >= 0.6 is 0 Å². The first-order valence-electron chi connectivity index (χ1n) is 7.39. The molecule has 25 heavy (non-hydrogen) atoms. The fourth-order valence-corrected chi connectivity index (χ4v) is 2.98. The van der Waals surface area contributed by atoms with E-state index in [4.69, 9.17) is 5.14 Å². The summed E-state index contributed by atoms with van der Waals surface area (Å²) in [5.41, 5.74) is 0.835. The zero-order valence-corrected chi connectivity index (χ0v) is 13.7. The Hall–Kier alpha value is -2.27. The number of halogens is 3. The maximum atomic E-state index is 13.0. The van der Waals surface area contributed by atoms with Gasteiger partial charge in [0, 0.05) is 0 Å². The molecule has 2 aromatic rings. The highest BCUT2D eigenvalue weighted by Gasteiger charge is 2.37. The molecular formula is C14H14F3N5O2S. The minimum Gasteiger partial charge on any atom is -0.241 e. The standard InChI is InChI=1S/C14H14F3N5O2S/c15-14(16,17)13-20-12(9-4-2-1-3-5-9)22(21-13)10-6-7-11(19-8-10)25(18,23)24/h4,6-8H,1-3,5H2,(H2,18,23,24). The van der Waals surface area contributed by atoms with Crippen molar-refractivity contribution in [2.24, 2.45) is 5.14 Å². The second-order valence-electron chi connectivity index (χ2n) is 5.54. The molecule has 2 aromatic heterocycles. The second kappa shape index (κ2) is 6.23. The van der Waals surface area contributed by atoms with Crippen LogP contribution in [0.25, 0.3) is 11.3 Å². The van der Waals surface area contributed by atoms with Gasteiger partial charge in [-0.25, -0.2) is 28.2 Å². The topological polar surface area (TPSA) is 104 Å². The Morgan fingerprint density at radius 2 is 1.96 bits per heavy atom. The number of rotatable bonds is 3. The predicted octanol–water partition coefficient (Wildman–Crippen LogP) is 2.29. The smallest absolute Gasteiger partial charge is 0.241 e. The van der Waals surface area contributed by atoms with Gasteiger partial charge in [-0.3, -0.25) is 0 Å². The number of allylic oxidation sites excluding steroid dienone is 2. The van der Waals surface area contributed by atoms with Crippen molar-refractivity contribution in [3.8, 4) is 5.69 Å². The molecule has 0 radical (unpaired) electrons. The average molecular weight is 373 g/mol. The van der Waals surface area contributed by atoms with Gasteiger partial charge in [0.1, 0.15) is 0 Å². The van der Waals surface area contributed by atoms with E-state index in [0.29, 0.717) is 12.0 Å². The summed E-state index contributed by atoms with van der Waals surface area (Å²) < 4.78 is 62.6. The number of aromatic nitrogens is 4. The number of pyridine rings is 1. The minimum absolute atomic E-state index is 0.0807. The van der Waals surface area contributed by atoms with Crippen LogP contribution in [0.15, 0.2) is 29.4 Å². The van der Waals surface area contributed by atoms with Crippen LogP contribution in [0.3, 0.4) is 0 Å². The molecule has 2 heterocycles. The summed E-state index contributed by atoms with van der Waals surface area (Å²) >= 11 is 0. The summed E-state index contributed by atoms with van der Waals surface area (Å²) in [5.74, 6) is -1.18. The van der Waals surface area contributed by atoms with Crippen molar-refractivity contribution in [3.63, 3.8) is 0 Å². The van der Waals surface area contributed by atoms with E-state index in [1.807, 2.05) is 6.08 Å². The van der Waals surface area contributed by atoms with Crippen molar-refractivity contribution < 1.29 is 21.6 Å². The van der Waals surface area contributed by atoms with Gasteiger partial charge in [-0.2, -0.15) is 13.2 Å². The van der Waals surface area contributed by atoms with Crippen molar-refractivity contribution in [1.29, 1.82) is 0 Å². The van der Waals surface area contributed by atoms with Gasteiger partial charge in [-0.05, 0) is 43.4 Å². The van der Waals surface area contributed by atoms with Gasteiger partial charge in [0.15, 0.2) is 10.9 Å². The molecule has 7 nitrogen and oxygen atoms in total. The lowest BCUT2D eigenvalue weighted by Crippen LogP contribution is -2.14. The van der Waals surface area contributed by atoms with Gasteiger partial charge in [0.25, 0.3) is 15.8 Å². The van der Waals surface area contributed by atoms with Gasteiger partial charge in [-0.1, -0.05) is 6.08 Å². The average Bonchev–Trinajstić information content (AvgIpc) is 3.00. The molecule has 1 aliphatic carbocycles. The third kappa shape index (κ3) is 3.71. The molecule has 0 saturated heterocycles. The maximum absolute atomic E-state index is 13.0. The lowest BCUT2D eigenvalue weighted by atomic mass is 9.99. The first kappa shape index (κ1) is 17.5. The summed E-state index contributed by atoms with van der Waals surface area (Å²) in [6.07, 6.45) is 1.42. The zero-order chi connectivity index (χ0) is 18.2. The number of primary sulfonamides is 1. The van der Waals surface area contributed by atoms with Crippen molar-refractivity contribution >= 4 is 15.6 Å². The van der Waals surface area contributed by atoms with Crippen LogP contribution in [0.1, 0.15) is 37.3 Å². The van der Waals surface area contributed by atoms with E-state index in [-0.39, 0.29) is 16.5 Å². The normalized spacial score (nSPS) is 15.9. The van der Waals surface area contributed by atoms with E-state index < -0.39 is 22.0 Å². The molecule has 0 spiro atoms. The summed E-state index contributed by atoms with van der Waals surface area (Å²) in [7, 11) is -4.00. The van der Waals surface area contributed by atoms with E-state index >= 15 is 0 Å². The van der Waals surface area contributed by atoms with Crippen LogP contribution in [0, 0.1) is 0 Å². The Morgan fingerprint density at radius 1 is 1.20 bits per heavy atom. The highest BCUT2D eigenvalue weighted by molar-refractivity contribution is 7.89. The van der Waals surface area contributed by atoms with E-state index in [9.17, 15) is 21.6 Å². The molecule has 0 fully saturated rings. The molecule has 3 rings (SSSR count). The SMILES string of the molecule is NS(=O)(=O)c1ccc(-n2nc(C(F)(F)F)nc2C2=CCCCC2)cn1. The van der Waals surface area contributed by atoms with Crippen LogP contribution < -0.4 is 5.14 Å². The molecule has 0 saturated carbocycles. The fraction of sp³-hybridized carbons (Fsp3) is 0.357. The van der Waals surface area contributed by atoms with E-state index in [2.05, 4.69) is 15.1 Å². The highest BCUT2D eigenvalue weighted by atomic mass is 32.2. The maximum Gasteiger partial charge on any atom is 0.453 e. The number of nitrogens with zero attached hydrogens (tertiary/aromatic N) is 4. The Kier molecular flexibility index (Phi) is 4.37. The van der Waals surface area contributed by atoms with Gasteiger partial charge >= 0.3 is 6.18 Å². The molecule has 0 bridgehead atoms. The van der Waals surface area contributed by atoms with Crippen LogP contribution in [0.4, 0.5) is 13.2 Å². The van der Waals surface area contributed by atoms with Crippen LogP contribution in [0.2, 0.25) is 0 Å². The van der Waals surface area contributed by atoms with Gasteiger partial charge < -0.3 is 0 Å². The summed E-state index contributed by atoms with van der Waals surface area (Å²) in [6.45, 7) is 0. The number of hydrogen-bond acceptors (Lipinski definition) is 5. The Balaban J connectivity index is 2.11. The van der Waals surface area contributed by atoms with Crippen LogP contribution in [-0.2, 0) is 16.2 Å². The summed E-state index contributed by atoms with van der Waals surface area (Å²) in [4.78, 5) is 7.32. The molecule has 134 valence electrons. The van der Waals surface area contributed by atoms with Crippen molar-refractivity contribution in [2.45, 2.75) is 36.9 Å². The van der Waals surface area contributed by atoms with E-state index in [1.165, 1.54) is 6.07 Å². The third-order valence-electron chi connectivity index (χ3n) is 3.70. The first-order chi connectivity index (χ1) is 11.7. The number of alkyl halides is 3.